The van der Waals surface area contributed by atoms with Crippen molar-refractivity contribution in [2.45, 2.75) is 6.42 Å². The number of aromatic nitrogens is 3. The number of nitrogens with one attached hydrogen (secondary N) is 2. The molecule has 3 aromatic rings. The summed E-state index contributed by atoms with van der Waals surface area (Å²) in [5, 5.41) is 6.33. The van der Waals surface area contributed by atoms with E-state index >= 15 is 0 Å². The fourth-order valence-electron chi connectivity index (χ4n) is 2.45. The van der Waals surface area contributed by atoms with E-state index in [1.165, 1.54) is 12.3 Å². The van der Waals surface area contributed by atoms with Crippen LogP contribution in [0.2, 0.25) is 0 Å². The largest absolute Gasteiger partial charge is 0.493 e. The van der Waals surface area contributed by atoms with E-state index in [1.54, 1.807) is 26.4 Å². The van der Waals surface area contributed by atoms with Crippen molar-refractivity contribution in [2.24, 2.45) is 0 Å². The molecule has 9 nitrogen and oxygen atoms in total. The second-order valence-electron chi connectivity index (χ2n) is 5.53. The minimum atomic E-state index is -0.488. The minimum Gasteiger partial charge on any atom is -0.493 e. The summed E-state index contributed by atoms with van der Waals surface area (Å²) in [6.45, 7) is 0.365. The molecular weight excluding hydrogens is 352 g/mol. The summed E-state index contributed by atoms with van der Waals surface area (Å²) < 4.78 is 15.4. The van der Waals surface area contributed by atoms with Crippen LogP contribution in [0.3, 0.4) is 0 Å². The van der Waals surface area contributed by atoms with Gasteiger partial charge in [-0.25, -0.2) is 0 Å². The predicted molar refractivity (Wildman–Crippen MR) is 95.9 cm³/mol. The molecule has 0 aliphatic rings. The number of aromatic amines is 1. The van der Waals surface area contributed by atoms with Crippen molar-refractivity contribution in [1.82, 2.24) is 20.4 Å². The molecule has 27 heavy (non-hydrogen) atoms. The number of amides is 1. The number of hydrogen-bond acceptors (Lipinski definition) is 7. The van der Waals surface area contributed by atoms with Crippen molar-refractivity contribution in [3.8, 4) is 23.0 Å². The molecule has 0 aliphatic carbocycles. The van der Waals surface area contributed by atoms with Crippen molar-refractivity contribution in [1.29, 1.82) is 0 Å². The Bertz CT molecular complexity index is 995. The minimum absolute atomic E-state index is 0.0121. The molecule has 0 unspecified atom stereocenters. The van der Waals surface area contributed by atoms with E-state index in [9.17, 15) is 9.59 Å². The van der Waals surface area contributed by atoms with Crippen LogP contribution in [0.15, 0.2) is 45.8 Å². The molecule has 0 saturated heterocycles. The molecule has 2 heterocycles. The quantitative estimate of drug-likeness (QED) is 0.645. The summed E-state index contributed by atoms with van der Waals surface area (Å²) in [4.78, 5) is 30.4. The van der Waals surface area contributed by atoms with Gasteiger partial charge in [-0.05, 0) is 36.2 Å². The van der Waals surface area contributed by atoms with Gasteiger partial charge in [0.25, 0.3) is 23.2 Å². The average molecular weight is 370 g/mol. The maximum Gasteiger partial charge on any atom is 0.292 e. The number of carbonyl (C=O) groups excluding carboxylic acids is 1. The zero-order chi connectivity index (χ0) is 19.2. The van der Waals surface area contributed by atoms with Gasteiger partial charge < -0.3 is 24.3 Å². The number of nitrogens with zero attached hydrogens (tertiary/aromatic N) is 2. The van der Waals surface area contributed by atoms with E-state index in [2.05, 4.69) is 20.4 Å². The third-order valence-electron chi connectivity index (χ3n) is 3.82. The van der Waals surface area contributed by atoms with Crippen LogP contribution in [-0.2, 0) is 6.42 Å². The molecule has 0 bridgehead atoms. The third kappa shape index (κ3) is 4.14. The maximum absolute atomic E-state index is 12.2. The van der Waals surface area contributed by atoms with Crippen molar-refractivity contribution >= 4 is 5.91 Å². The Morgan fingerprint density at radius 1 is 1.22 bits per heavy atom. The molecule has 0 spiro atoms. The van der Waals surface area contributed by atoms with E-state index in [0.29, 0.717) is 24.5 Å². The lowest BCUT2D eigenvalue weighted by Crippen LogP contribution is -2.26. The van der Waals surface area contributed by atoms with Crippen LogP contribution in [0, 0.1) is 0 Å². The number of methoxy groups -OCH3 is 2. The SMILES string of the molecule is COc1ccc(CCNC(=O)c2noc(-c3ccc[nH]c3=O)n2)cc1OC. The van der Waals surface area contributed by atoms with Gasteiger partial charge in [-0.15, -0.1) is 0 Å². The number of benzene rings is 1. The molecule has 2 N–H and O–H groups in total. The molecule has 0 aliphatic heterocycles. The number of ether oxygens (including phenoxy) is 2. The smallest absolute Gasteiger partial charge is 0.292 e. The zero-order valence-corrected chi connectivity index (χ0v) is 14.8. The van der Waals surface area contributed by atoms with Gasteiger partial charge in [0, 0.05) is 12.7 Å². The van der Waals surface area contributed by atoms with E-state index in [0.717, 1.165) is 5.56 Å². The van der Waals surface area contributed by atoms with Crippen LogP contribution in [0.1, 0.15) is 16.2 Å². The van der Waals surface area contributed by atoms with Gasteiger partial charge in [-0.1, -0.05) is 11.2 Å². The summed E-state index contributed by atoms with van der Waals surface area (Å²) in [6, 6.07) is 8.70. The van der Waals surface area contributed by atoms with E-state index in [1.807, 2.05) is 12.1 Å². The Kier molecular flexibility index (Phi) is 5.50. The number of rotatable bonds is 7. The highest BCUT2D eigenvalue weighted by atomic mass is 16.5. The van der Waals surface area contributed by atoms with Gasteiger partial charge in [0.05, 0.1) is 14.2 Å². The molecule has 0 saturated carbocycles. The zero-order valence-electron chi connectivity index (χ0n) is 14.8. The van der Waals surface area contributed by atoms with Crippen molar-refractivity contribution in [3.63, 3.8) is 0 Å². The average Bonchev–Trinajstić information content (AvgIpc) is 3.18. The highest BCUT2D eigenvalue weighted by Gasteiger charge is 2.17. The Hall–Kier alpha value is -3.62. The first-order valence-electron chi connectivity index (χ1n) is 8.13. The maximum atomic E-state index is 12.2. The van der Waals surface area contributed by atoms with Crippen LogP contribution < -0.4 is 20.3 Å². The fourth-order valence-corrected chi connectivity index (χ4v) is 2.45. The summed E-state index contributed by atoms with van der Waals surface area (Å²) >= 11 is 0. The van der Waals surface area contributed by atoms with Gasteiger partial charge in [0.15, 0.2) is 11.5 Å². The van der Waals surface area contributed by atoms with Crippen LogP contribution in [0.25, 0.3) is 11.5 Å². The molecular formula is C18H18N4O5. The number of pyridine rings is 1. The van der Waals surface area contributed by atoms with Crippen LogP contribution in [-0.4, -0.2) is 41.8 Å². The first-order valence-corrected chi connectivity index (χ1v) is 8.13. The summed E-state index contributed by atoms with van der Waals surface area (Å²) in [6.07, 6.45) is 2.07. The second kappa shape index (κ2) is 8.17. The lowest BCUT2D eigenvalue weighted by atomic mass is 10.1. The van der Waals surface area contributed by atoms with E-state index in [4.69, 9.17) is 14.0 Å². The Labute approximate surface area is 154 Å². The van der Waals surface area contributed by atoms with Gasteiger partial charge in [0.2, 0.25) is 0 Å². The number of carbonyl (C=O) groups is 1. The summed E-state index contributed by atoms with van der Waals surface area (Å²) in [7, 11) is 3.13. The molecule has 1 amide bonds. The number of H-pyrrole nitrogens is 1. The third-order valence-corrected chi connectivity index (χ3v) is 3.82. The molecule has 0 atom stereocenters. The molecule has 9 heteroatoms. The van der Waals surface area contributed by atoms with Crippen LogP contribution in [0.5, 0.6) is 11.5 Å². The van der Waals surface area contributed by atoms with Crippen molar-refractivity contribution in [3.05, 3.63) is 58.3 Å². The van der Waals surface area contributed by atoms with Crippen LogP contribution in [0.4, 0.5) is 0 Å². The second-order valence-corrected chi connectivity index (χ2v) is 5.53. The van der Waals surface area contributed by atoms with Crippen molar-refractivity contribution < 1.29 is 18.8 Å². The van der Waals surface area contributed by atoms with E-state index < -0.39 is 5.91 Å². The lowest BCUT2D eigenvalue weighted by Gasteiger charge is -2.09. The van der Waals surface area contributed by atoms with Gasteiger partial charge in [-0.2, -0.15) is 4.98 Å². The summed E-state index contributed by atoms with van der Waals surface area (Å²) in [5.74, 6) is 0.623. The Morgan fingerprint density at radius 2 is 2.04 bits per heavy atom. The first kappa shape index (κ1) is 18.2. The molecule has 3 rings (SSSR count). The fraction of sp³-hybridized carbons (Fsp3) is 0.222. The topological polar surface area (TPSA) is 119 Å². The Morgan fingerprint density at radius 3 is 2.78 bits per heavy atom. The summed E-state index contributed by atoms with van der Waals surface area (Å²) in [5.41, 5.74) is 0.800. The van der Waals surface area contributed by atoms with Crippen molar-refractivity contribution in [2.75, 3.05) is 20.8 Å². The monoisotopic (exact) mass is 370 g/mol. The lowest BCUT2D eigenvalue weighted by molar-refractivity contribution is 0.0941. The number of hydrogen-bond donors (Lipinski definition) is 2. The van der Waals surface area contributed by atoms with E-state index in [-0.39, 0.29) is 22.8 Å². The molecule has 1 aromatic carbocycles. The van der Waals surface area contributed by atoms with Crippen LogP contribution >= 0.6 is 0 Å². The molecule has 2 aromatic heterocycles. The Balaban J connectivity index is 1.60. The first-order chi connectivity index (χ1) is 13.1. The predicted octanol–water partition coefficient (Wildman–Crippen LogP) is 1.41. The van der Waals surface area contributed by atoms with Gasteiger partial charge in [0.1, 0.15) is 5.56 Å². The van der Waals surface area contributed by atoms with Gasteiger partial charge >= 0.3 is 0 Å². The standard InChI is InChI=1S/C18H18N4O5/c1-25-13-6-5-11(10-14(13)26-2)7-9-20-17(24)15-21-18(27-22-15)12-4-3-8-19-16(12)23/h3-6,8,10H,7,9H2,1-2H3,(H,19,23)(H,20,24). The highest BCUT2D eigenvalue weighted by Crippen LogP contribution is 2.27. The molecule has 0 radical (unpaired) electrons. The van der Waals surface area contributed by atoms with Gasteiger partial charge in [-0.3, -0.25) is 9.59 Å². The normalized spacial score (nSPS) is 10.4. The molecule has 0 fully saturated rings. The highest BCUT2D eigenvalue weighted by molar-refractivity contribution is 5.90. The molecule has 140 valence electrons.